The number of allylic oxidation sites excluding steroid dienone is 1. The first kappa shape index (κ1) is 10.0. The molecule has 0 amide bonds. The second-order valence-corrected chi connectivity index (χ2v) is 3.19. The van der Waals surface area contributed by atoms with Crippen LogP contribution < -0.4 is 5.32 Å². The molecule has 1 aromatic carbocycles. The topological polar surface area (TPSA) is 12.0 Å². The largest absolute Gasteiger partial charge is 0.319 e. The molecule has 1 nitrogen and oxygen atoms in total. The number of hydrogen-bond acceptors (Lipinski definition) is 1. The zero-order valence-electron chi connectivity index (χ0n) is 8.16. The number of likely N-dealkylation sites (N-methyl/N-ethyl adjacent to an activating group) is 1. The van der Waals surface area contributed by atoms with Crippen molar-refractivity contribution in [3.8, 4) is 0 Å². The van der Waals surface area contributed by atoms with Gasteiger partial charge in [-0.25, -0.2) is 0 Å². The van der Waals surface area contributed by atoms with Gasteiger partial charge in [0.05, 0.1) is 0 Å². The third-order valence-electron chi connectivity index (χ3n) is 2.17. The molecule has 0 aliphatic rings. The van der Waals surface area contributed by atoms with E-state index in [9.17, 15) is 0 Å². The van der Waals surface area contributed by atoms with Crippen LogP contribution in [0.15, 0.2) is 43.0 Å². The minimum absolute atomic E-state index is 0.559. The molecule has 1 aromatic rings. The zero-order valence-corrected chi connectivity index (χ0v) is 8.16. The fourth-order valence-corrected chi connectivity index (χ4v) is 1.51. The summed E-state index contributed by atoms with van der Waals surface area (Å²) >= 11 is 0. The number of benzene rings is 1. The summed E-state index contributed by atoms with van der Waals surface area (Å²) in [5.74, 6) is 0.559. The first-order chi connectivity index (χ1) is 6.38. The minimum Gasteiger partial charge on any atom is -0.319 e. The van der Waals surface area contributed by atoms with Gasteiger partial charge in [-0.1, -0.05) is 36.4 Å². The molecule has 0 fully saturated rings. The molecular weight excluding hydrogens is 158 g/mol. The van der Waals surface area contributed by atoms with E-state index in [0.29, 0.717) is 5.92 Å². The standard InChI is InChI=1S/C12H17N/c1-3-7-12(10-13-2)11-8-5-4-6-9-11/h3-6,8-9,12-13H,1,7,10H2,2H3. The highest BCUT2D eigenvalue weighted by Gasteiger charge is 2.07. The summed E-state index contributed by atoms with van der Waals surface area (Å²) in [6.07, 6.45) is 3.01. The molecule has 13 heavy (non-hydrogen) atoms. The van der Waals surface area contributed by atoms with Gasteiger partial charge in [-0.15, -0.1) is 6.58 Å². The van der Waals surface area contributed by atoms with Gasteiger partial charge in [-0.2, -0.15) is 0 Å². The van der Waals surface area contributed by atoms with Gasteiger partial charge >= 0.3 is 0 Å². The van der Waals surface area contributed by atoms with Crippen molar-refractivity contribution in [2.75, 3.05) is 13.6 Å². The zero-order chi connectivity index (χ0) is 9.52. The third-order valence-corrected chi connectivity index (χ3v) is 2.17. The monoisotopic (exact) mass is 175 g/mol. The van der Waals surface area contributed by atoms with Crippen LogP contribution in [0, 0.1) is 0 Å². The summed E-state index contributed by atoms with van der Waals surface area (Å²) in [6.45, 7) is 4.79. The van der Waals surface area contributed by atoms with E-state index in [1.165, 1.54) is 5.56 Å². The van der Waals surface area contributed by atoms with Gasteiger partial charge in [-0.05, 0) is 24.9 Å². The van der Waals surface area contributed by atoms with E-state index in [0.717, 1.165) is 13.0 Å². The molecule has 1 N–H and O–H groups in total. The molecule has 0 aliphatic carbocycles. The van der Waals surface area contributed by atoms with Crippen molar-refractivity contribution in [2.45, 2.75) is 12.3 Å². The van der Waals surface area contributed by atoms with Crippen molar-refractivity contribution >= 4 is 0 Å². The van der Waals surface area contributed by atoms with Gasteiger partial charge in [0.25, 0.3) is 0 Å². The van der Waals surface area contributed by atoms with Crippen molar-refractivity contribution in [3.63, 3.8) is 0 Å². The quantitative estimate of drug-likeness (QED) is 0.678. The third kappa shape index (κ3) is 3.03. The highest BCUT2D eigenvalue weighted by atomic mass is 14.8. The Morgan fingerprint density at radius 3 is 2.62 bits per heavy atom. The number of hydrogen-bond donors (Lipinski definition) is 1. The average Bonchev–Trinajstić information content (AvgIpc) is 2.19. The lowest BCUT2D eigenvalue weighted by molar-refractivity contribution is 0.636. The predicted octanol–water partition coefficient (Wildman–Crippen LogP) is 2.57. The molecule has 0 heterocycles. The Kier molecular flexibility index (Phi) is 4.27. The SMILES string of the molecule is C=CCC(CNC)c1ccccc1. The first-order valence-electron chi connectivity index (χ1n) is 4.69. The Hall–Kier alpha value is -1.08. The van der Waals surface area contributed by atoms with Crippen molar-refractivity contribution in [1.82, 2.24) is 5.32 Å². The molecule has 0 spiro atoms. The lowest BCUT2D eigenvalue weighted by Gasteiger charge is -2.14. The molecule has 0 aromatic heterocycles. The fourth-order valence-electron chi connectivity index (χ4n) is 1.51. The molecular formula is C12H17N. The molecule has 1 rings (SSSR count). The van der Waals surface area contributed by atoms with E-state index < -0.39 is 0 Å². The Morgan fingerprint density at radius 2 is 2.08 bits per heavy atom. The van der Waals surface area contributed by atoms with Gasteiger partial charge < -0.3 is 5.32 Å². The lowest BCUT2D eigenvalue weighted by atomic mass is 9.96. The number of nitrogens with one attached hydrogen (secondary N) is 1. The Balaban J connectivity index is 2.69. The minimum atomic E-state index is 0.559. The second-order valence-electron chi connectivity index (χ2n) is 3.19. The van der Waals surface area contributed by atoms with Crippen molar-refractivity contribution in [1.29, 1.82) is 0 Å². The molecule has 0 radical (unpaired) electrons. The van der Waals surface area contributed by atoms with Gasteiger partial charge in [0.1, 0.15) is 0 Å². The van der Waals surface area contributed by atoms with Gasteiger partial charge in [-0.3, -0.25) is 0 Å². The van der Waals surface area contributed by atoms with E-state index in [4.69, 9.17) is 0 Å². The smallest absolute Gasteiger partial charge is 0.00201 e. The Labute approximate surface area is 80.5 Å². The van der Waals surface area contributed by atoms with Crippen LogP contribution >= 0.6 is 0 Å². The van der Waals surface area contributed by atoms with E-state index in [2.05, 4.69) is 36.2 Å². The van der Waals surface area contributed by atoms with Crippen molar-refractivity contribution < 1.29 is 0 Å². The second kappa shape index (κ2) is 5.55. The lowest BCUT2D eigenvalue weighted by Crippen LogP contribution is -2.16. The number of rotatable bonds is 5. The van der Waals surface area contributed by atoms with Crippen LogP contribution in [0.3, 0.4) is 0 Å². The summed E-state index contributed by atoms with van der Waals surface area (Å²) in [4.78, 5) is 0. The van der Waals surface area contributed by atoms with E-state index in [1.54, 1.807) is 0 Å². The summed E-state index contributed by atoms with van der Waals surface area (Å²) < 4.78 is 0. The van der Waals surface area contributed by atoms with E-state index in [1.807, 2.05) is 19.2 Å². The first-order valence-corrected chi connectivity index (χ1v) is 4.69. The summed E-state index contributed by atoms with van der Waals surface area (Å²) in [5, 5.41) is 3.20. The van der Waals surface area contributed by atoms with Crippen LogP contribution in [0.4, 0.5) is 0 Å². The summed E-state index contributed by atoms with van der Waals surface area (Å²) in [7, 11) is 1.99. The van der Waals surface area contributed by atoms with E-state index in [-0.39, 0.29) is 0 Å². The Morgan fingerprint density at radius 1 is 1.38 bits per heavy atom. The highest BCUT2D eigenvalue weighted by molar-refractivity contribution is 5.20. The maximum absolute atomic E-state index is 3.78. The average molecular weight is 175 g/mol. The van der Waals surface area contributed by atoms with Crippen LogP contribution in [0.2, 0.25) is 0 Å². The Bertz CT molecular complexity index is 241. The fraction of sp³-hybridized carbons (Fsp3) is 0.333. The van der Waals surface area contributed by atoms with Crippen LogP contribution in [0.25, 0.3) is 0 Å². The van der Waals surface area contributed by atoms with Crippen LogP contribution in [-0.2, 0) is 0 Å². The molecule has 0 aliphatic heterocycles. The van der Waals surface area contributed by atoms with Gasteiger partial charge in [0.2, 0.25) is 0 Å². The summed E-state index contributed by atoms with van der Waals surface area (Å²) in [6, 6.07) is 10.6. The maximum Gasteiger partial charge on any atom is 0.00201 e. The molecule has 0 saturated heterocycles. The molecule has 0 saturated carbocycles. The van der Waals surface area contributed by atoms with Gasteiger partial charge in [0.15, 0.2) is 0 Å². The van der Waals surface area contributed by atoms with Gasteiger partial charge in [0, 0.05) is 6.54 Å². The molecule has 1 heteroatoms. The van der Waals surface area contributed by atoms with Crippen molar-refractivity contribution in [2.24, 2.45) is 0 Å². The molecule has 0 bridgehead atoms. The molecule has 1 unspecified atom stereocenters. The highest BCUT2D eigenvalue weighted by Crippen LogP contribution is 2.18. The van der Waals surface area contributed by atoms with Crippen LogP contribution in [0.5, 0.6) is 0 Å². The summed E-state index contributed by atoms with van der Waals surface area (Å²) in [5.41, 5.74) is 1.39. The normalized spacial score (nSPS) is 12.4. The van der Waals surface area contributed by atoms with Crippen LogP contribution in [0.1, 0.15) is 17.9 Å². The predicted molar refractivity (Wildman–Crippen MR) is 57.9 cm³/mol. The van der Waals surface area contributed by atoms with Crippen molar-refractivity contribution in [3.05, 3.63) is 48.6 Å². The molecule has 70 valence electrons. The van der Waals surface area contributed by atoms with E-state index >= 15 is 0 Å². The maximum atomic E-state index is 3.78. The van der Waals surface area contributed by atoms with Crippen LogP contribution in [-0.4, -0.2) is 13.6 Å². The molecule has 1 atom stereocenters.